The molecule has 0 spiro atoms. The van der Waals surface area contributed by atoms with E-state index in [9.17, 15) is 9.18 Å². The van der Waals surface area contributed by atoms with Gasteiger partial charge in [-0.05, 0) is 6.92 Å². The molecule has 0 heterocycles. The van der Waals surface area contributed by atoms with Crippen molar-refractivity contribution in [1.82, 2.24) is 0 Å². The maximum absolute atomic E-state index is 12.1. The third-order valence-corrected chi connectivity index (χ3v) is 2.13. The van der Waals surface area contributed by atoms with Gasteiger partial charge in [0.05, 0.1) is 6.61 Å². The minimum absolute atomic E-state index is 0.227. The molecule has 2 atom stereocenters. The van der Waals surface area contributed by atoms with Crippen molar-refractivity contribution in [3.63, 3.8) is 0 Å². The molecule has 0 fully saturated rings. The quantitative estimate of drug-likeness (QED) is 0.549. The lowest BCUT2D eigenvalue weighted by Crippen LogP contribution is -2.23. The average molecular weight is 233 g/mol. The number of alkyl halides is 3. The lowest BCUT2D eigenvalue weighted by molar-refractivity contribution is -0.142. The summed E-state index contributed by atoms with van der Waals surface area (Å²) < 4.78 is 16.5. The molecule has 0 saturated carbocycles. The second-order valence-electron chi connectivity index (χ2n) is 1.49. The fourth-order valence-electron chi connectivity index (χ4n) is 0.325. The van der Waals surface area contributed by atoms with E-state index >= 15 is 0 Å². The zero-order valence-corrected chi connectivity index (χ0v) is 7.65. The molecular weight excluding hydrogens is 226 g/mol. The average Bonchev–Trinajstić information content (AvgIpc) is 1.87. The molecule has 0 radical (unpaired) electrons. The van der Waals surface area contributed by atoms with Crippen LogP contribution in [0.1, 0.15) is 6.92 Å². The Bertz CT molecular complexity index is 120. The fourth-order valence-corrected chi connectivity index (χ4v) is 0.560. The molecule has 0 N–H and O–H groups in total. The molecule has 0 saturated heterocycles. The lowest BCUT2D eigenvalue weighted by atomic mass is 10.5. The topological polar surface area (TPSA) is 26.3 Å². The van der Waals surface area contributed by atoms with Crippen LogP contribution in [-0.2, 0) is 9.53 Å². The van der Waals surface area contributed by atoms with E-state index in [0.717, 1.165) is 0 Å². The standard InChI is InChI=1S/C5H7BrClFO2/c1-2-10-5(9)3(6)4(7)8/h3-4H,2H2,1H3. The number of carbonyl (C=O) groups is 1. The van der Waals surface area contributed by atoms with Crippen molar-refractivity contribution in [2.45, 2.75) is 17.4 Å². The molecule has 0 rings (SSSR count). The molecule has 0 aromatic rings. The molecule has 2 unspecified atom stereocenters. The molecule has 0 bridgehead atoms. The van der Waals surface area contributed by atoms with Gasteiger partial charge in [0.25, 0.3) is 0 Å². The summed E-state index contributed by atoms with van der Waals surface area (Å²) in [7, 11) is 0. The molecule has 0 aliphatic heterocycles. The summed E-state index contributed by atoms with van der Waals surface area (Å²) in [5, 5.41) is 0. The number of esters is 1. The summed E-state index contributed by atoms with van der Waals surface area (Å²) in [4.78, 5) is 9.53. The molecule has 0 aliphatic rings. The van der Waals surface area contributed by atoms with Gasteiger partial charge in [0, 0.05) is 0 Å². The monoisotopic (exact) mass is 232 g/mol. The van der Waals surface area contributed by atoms with Gasteiger partial charge in [-0.2, -0.15) is 0 Å². The van der Waals surface area contributed by atoms with Gasteiger partial charge in [-0.1, -0.05) is 27.5 Å². The van der Waals surface area contributed by atoms with E-state index in [0.29, 0.717) is 0 Å². The normalized spacial score (nSPS) is 16.0. The second-order valence-corrected chi connectivity index (χ2v) is 2.89. The van der Waals surface area contributed by atoms with Crippen molar-refractivity contribution in [1.29, 1.82) is 0 Å². The lowest BCUT2D eigenvalue weighted by Gasteiger charge is -2.06. The Kier molecular flexibility index (Phi) is 4.99. The zero-order valence-electron chi connectivity index (χ0n) is 5.31. The number of rotatable bonds is 3. The highest BCUT2D eigenvalue weighted by atomic mass is 79.9. The van der Waals surface area contributed by atoms with Gasteiger partial charge < -0.3 is 4.74 Å². The Morgan fingerprint density at radius 3 is 2.70 bits per heavy atom. The first-order valence-electron chi connectivity index (χ1n) is 2.68. The Hall–Kier alpha value is 0.170. The highest BCUT2D eigenvalue weighted by Gasteiger charge is 2.24. The van der Waals surface area contributed by atoms with E-state index in [1.807, 2.05) is 0 Å². The first-order valence-corrected chi connectivity index (χ1v) is 4.03. The number of carbonyl (C=O) groups excluding carboxylic acids is 1. The van der Waals surface area contributed by atoms with E-state index in [4.69, 9.17) is 11.6 Å². The van der Waals surface area contributed by atoms with Gasteiger partial charge in [-0.3, -0.25) is 4.79 Å². The van der Waals surface area contributed by atoms with Crippen LogP contribution in [-0.4, -0.2) is 23.0 Å². The number of hydrogen-bond acceptors (Lipinski definition) is 2. The maximum Gasteiger partial charge on any atom is 0.324 e. The van der Waals surface area contributed by atoms with E-state index in [1.54, 1.807) is 6.92 Å². The predicted molar refractivity (Wildman–Crippen MR) is 40.1 cm³/mol. The SMILES string of the molecule is CCOC(=O)C(Br)C(F)Cl. The Labute approximate surface area is 71.8 Å². The molecule has 60 valence electrons. The number of halogens is 3. The van der Waals surface area contributed by atoms with Crippen LogP contribution in [0.4, 0.5) is 4.39 Å². The fraction of sp³-hybridized carbons (Fsp3) is 0.800. The van der Waals surface area contributed by atoms with E-state index in [-0.39, 0.29) is 6.61 Å². The smallest absolute Gasteiger partial charge is 0.324 e. The van der Waals surface area contributed by atoms with Crippen molar-refractivity contribution >= 4 is 33.5 Å². The van der Waals surface area contributed by atoms with Crippen LogP contribution in [0.3, 0.4) is 0 Å². The maximum atomic E-state index is 12.1. The molecule has 0 aromatic heterocycles. The summed E-state index contributed by atoms with van der Waals surface area (Å²) >= 11 is 7.67. The van der Waals surface area contributed by atoms with Crippen LogP contribution in [0, 0.1) is 0 Å². The largest absolute Gasteiger partial charge is 0.465 e. The molecule has 0 aromatic carbocycles. The van der Waals surface area contributed by atoms with Gasteiger partial charge >= 0.3 is 5.97 Å². The third-order valence-electron chi connectivity index (χ3n) is 0.733. The molecular formula is C5H7BrClFO2. The van der Waals surface area contributed by atoms with Crippen molar-refractivity contribution in [3.05, 3.63) is 0 Å². The van der Waals surface area contributed by atoms with Gasteiger partial charge in [-0.25, -0.2) is 4.39 Å². The van der Waals surface area contributed by atoms with E-state index in [2.05, 4.69) is 20.7 Å². The molecule has 0 amide bonds. The summed E-state index contributed by atoms with van der Waals surface area (Å²) in [5.41, 5.74) is -1.74. The van der Waals surface area contributed by atoms with Crippen molar-refractivity contribution in [2.24, 2.45) is 0 Å². The van der Waals surface area contributed by atoms with Gasteiger partial charge in [0.2, 0.25) is 0 Å². The van der Waals surface area contributed by atoms with Crippen LogP contribution in [0.15, 0.2) is 0 Å². The summed E-state index contributed by atoms with van der Waals surface area (Å²) in [6, 6.07) is 0. The van der Waals surface area contributed by atoms with E-state index < -0.39 is 16.4 Å². The van der Waals surface area contributed by atoms with Crippen molar-refractivity contribution in [3.8, 4) is 0 Å². The van der Waals surface area contributed by atoms with Gasteiger partial charge in [0.15, 0.2) is 10.5 Å². The number of hydrogen-bond donors (Lipinski definition) is 0. The summed E-state index contributed by atoms with van der Waals surface area (Å²) in [5.74, 6) is -0.676. The van der Waals surface area contributed by atoms with Gasteiger partial charge in [-0.15, -0.1) is 0 Å². The predicted octanol–water partition coefficient (Wildman–Crippen LogP) is 1.85. The Morgan fingerprint density at radius 2 is 2.40 bits per heavy atom. The highest BCUT2D eigenvalue weighted by Crippen LogP contribution is 2.14. The highest BCUT2D eigenvalue weighted by molar-refractivity contribution is 9.10. The van der Waals surface area contributed by atoms with Crippen molar-refractivity contribution < 1.29 is 13.9 Å². The van der Waals surface area contributed by atoms with Crippen LogP contribution in [0.2, 0.25) is 0 Å². The first-order chi connectivity index (χ1) is 4.59. The molecule has 2 nitrogen and oxygen atoms in total. The number of ether oxygens (including phenoxy) is 1. The summed E-state index contributed by atoms with van der Waals surface area (Å²) in [6.07, 6.45) is 0. The van der Waals surface area contributed by atoms with Crippen LogP contribution >= 0.6 is 27.5 Å². The van der Waals surface area contributed by atoms with Crippen molar-refractivity contribution in [2.75, 3.05) is 6.61 Å². The molecule has 5 heteroatoms. The van der Waals surface area contributed by atoms with E-state index in [1.165, 1.54) is 0 Å². The van der Waals surface area contributed by atoms with Gasteiger partial charge in [0.1, 0.15) is 0 Å². The molecule has 10 heavy (non-hydrogen) atoms. The first kappa shape index (κ1) is 10.2. The Balaban J connectivity index is 3.71. The Morgan fingerprint density at radius 1 is 1.90 bits per heavy atom. The third kappa shape index (κ3) is 3.37. The second kappa shape index (κ2) is 4.91. The summed E-state index contributed by atoms with van der Waals surface area (Å²) in [6.45, 7) is 1.86. The minimum Gasteiger partial charge on any atom is -0.465 e. The minimum atomic E-state index is -1.74. The van der Waals surface area contributed by atoms with Crippen LogP contribution in [0.25, 0.3) is 0 Å². The molecule has 0 aliphatic carbocycles. The van der Waals surface area contributed by atoms with Crippen LogP contribution < -0.4 is 0 Å². The van der Waals surface area contributed by atoms with Crippen LogP contribution in [0.5, 0.6) is 0 Å². The zero-order chi connectivity index (χ0) is 8.15.